The van der Waals surface area contributed by atoms with Crippen LogP contribution >= 0.6 is 27.7 Å². The lowest BCUT2D eigenvalue weighted by molar-refractivity contribution is -0.384. The number of aliphatic carboxylic acids is 1. The molecule has 0 bridgehead atoms. The molecule has 0 unspecified atom stereocenters. The van der Waals surface area contributed by atoms with Crippen molar-refractivity contribution < 1.29 is 29.1 Å². The zero-order chi connectivity index (χ0) is 23.3. The van der Waals surface area contributed by atoms with Crippen LogP contribution in [0.2, 0.25) is 0 Å². The normalized spacial score (nSPS) is 15.6. The average molecular weight is 522 g/mol. The second-order valence-corrected chi connectivity index (χ2v) is 8.08. The van der Waals surface area contributed by atoms with E-state index in [1.165, 1.54) is 18.2 Å². The number of hydrogen-bond donors (Lipinski definition) is 2. The summed E-state index contributed by atoms with van der Waals surface area (Å²) in [5, 5.41) is 22.6. The van der Waals surface area contributed by atoms with E-state index in [1.807, 2.05) is 0 Å². The molecule has 0 radical (unpaired) electrons. The Morgan fingerprint density at radius 1 is 1.28 bits per heavy atom. The molecule has 1 aliphatic heterocycles. The monoisotopic (exact) mass is 521 g/mol. The van der Waals surface area contributed by atoms with Crippen LogP contribution in [0.3, 0.4) is 0 Å². The highest BCUT2D eigenvalue weighted by Crippen LogP contribution is 2.34. The maximum Gasteiger partial charge on any atom is 0.341 e. The fraction of sp³-hybridized carbons (Fsp3) is 0.150. The van der Waals surface area contributed by atoms with Crippen molar-refractivity contribution in [3.05, 3.63) is 61.5 Å². The standard InChI is InChI=1S/C20H16BrN3O7S/c1-2-30-16-7-11(3-6-15(16)31-10-18(25)26)8-17-19(27)23-20(32-17)22-14-5-4-12(24(28)29)9-13(14)21/h3-9H,2,10H2,1H3,(H,25,26)(H,22,23,27)/b17-8+. The van der Waals surface area contributed by atoms with Gasteiger partial charge in [0.25, 0.3) is 11.6 Å². The van der Waals surface area contributed by atoms with Crippen molar-refractivity contribution in [3.8, 4) is 11.5 Å². The number of nitrogens with zero attached hydrogens (tertiary/aromatic N) is 2. The molecule has 0 saturated carbocycles. The number of nitrogens with one attached hydrogen (secondary N) is 1. The van der Waals surface area contributed by atoms with E-state index in [4.69, 9.17) is 14.6 Å². The van der Waals surface area contributed by atoms with Crippen LogP contribution < -0.4 is 14.8 Å². The third-order valence-corrected chi connectivity index (χ3v) is 5.48. The lowest BCUT2D eigenvalue weighted by atomic mass is 10.2. The number of aliphatic imine (C=N–C) groups is 1. The van der Waals surface area contributed by atoms with E-state index in [-0.39, 0.29) is 17.3 Å². The van der Waals surface area contributed by atoms with Crippen LogP contribution in [0.25, 0.3) is 6.08 Å². The quantitative estimate of drug-likeness (QED) is 0.300. The first-order chi connectivity index (χ1) is 15.3. The summed E-state index contributed by atoms with van der Waals surface area (Å²) < 4.78 is 11.2. The molecule has 2 aromatic carbocycles. The molecule has 1 saturated heterocycles. The van der Waals surface area contributed by atoms with E-state index in [2.05, 4.69) is 26.2 Å². The van der Waals surface area contributed by atoms with Crippen molar-refractivity contribution in [3.63, 3.8) is 0 Å². The van der Waals surface area contributed by atoms with Gasteiger partial charge < -0.3 is 19.9 Å². The number of amidine groups is 1. The number of carbonyl (C=O) groups is 2. The van der Waals surface area contributed by atoms with Gasteiger partial charge in [0, 0.05) is 12.1 Å². The van der Waals surface area contributed by atoms with E-state index in [9.17, 15) is 19.7 Å². The number of carboxylic acids is 1. The Bertz CT molecular complexity index is 1150. The first kappa shape index (κ1) is 23.3. The van der Waals surface area contributed by atoms with Crippen LogP contribution in [-0.4, -0.2) is 40.3 Å². The number of non-ortho nitro benzene ring substituents is 1. The molecule has 1 aliphatic rings. The van der Waals surface area contributed by atoms with E-state index >= 15 is 0 Å². The van der Waals surface area contributed by atoms with Crippen molar-refractivity contribution in [1.82, 2.24) is 5.32 Å². The molecule has 3 rings (SSSR count). The highest BCUT2D eigenvalue weighted by Gasteiger charge is 2.24. The van der Waals surface area contributed by atoms with E-state index in [0.717, 1.165) is 11.8 Å². The number of thioether (sulfide) groups is 1. The second-order valence-electron chi connectivity index (χ2n) is 6.20. The van der Waals surface area contributed by atoms with Gasteiger partial charge in [-0.15, -0.1) is 0 Å². The molecule has 0 aromatic heterocycles. The van der Waals surface area contributed by atoms with Gasteiger partial charge in [0.2, 0.25) is 0 Å². The number of nitro benzene ring substituents is 1. The Balaban J connectivity index is 1.82. The predicted octanol–water partition coefficient (Wildman–Crippen LogP) is 4.11. The summed E-state index contributed by atoms with van der Waals surface area (Å²) in [5.41, 5.74) is 0.996. The molecule has 2 N–H and O–H groups in total. The summed E-state index contributed by atoms with van der Waals surface area (Å²) in [5.74, 6) is -0.819. The molecular formula is C20H16BrN3O7S. The zero-order valence-electron chi connectivity index (χ0n) is 16.5. The number of carboxylic acid groups (broad SMARTS) is 1. The van der Waals surface area contributed by atoms with Gasteiger partial charge in [-0.2, -0.15) is 0 Å². The van der Waals surface area contributed by atoms with Gasteiger partial charge in [-0.05, 0) is 64.5 Å². The number of amides is 1. The highest BCUT2D eigenvalue weighted by atomic mass is 79.9. The molecule has 12 heteroatoms. The summed E-state index contributed by atoms with van der Waals surface area (Å²) in [7, 11) is 0. The number of ether oxygens (including phenoxy) is 2. The van der Waals surface area contributed by atoms with E-state index in [0.29, 0.717) is 38.2 Å². The van der Waals surface area contributed by atoms with Crippen LogP contribution in [0, 0.1) is 10.1 Å². The van der Waals surface area contributed by atoms with Crippen LogP contribution in [0.5, 0.6) is 11.5 Å². The molecule has 0 atom stereocenters. The summed E-state index contributed by atoms with van der Waals surface area (Å²) >= 11 is 4.36. The van der Waals surface area contributed by atoms with Gasteiger partial charge in [0.15, 0.2) is 23.3 Å². The molecule has 32 heavy (non-hydrogen) atoms. The van der Waals surface area contributed by atoms with Crippen molar-refractivity contribution in [2.75, 3.05) is 13.2 Å². The van der Waals surface area contributed by atoms with E-state index in [1.54, 1.807) is 31.2 Å². The van der Waals surface area contributed by atoms with Crippen molar-refractivity contribution >= 4 is 62.2 Å². The lowest BCUT2D eigenvalue weighted by Gasteiger charge is -2.11. The molecule has 1 amide bonds. The SMILES string of the molecule is CCOc1cc(/C=C2/SC(=Nc3ccc([N+](=O)[O-])cc3Br)NC2=O)ccc1OCC(=O)O. The first-order valence-electron chi connectivity index (χ1n) is 9.11. The van der Waals surface area contributed by atoms with Gasteiger partial charge in [0.05, 0.1) is 26.6 Å². The summed E-state index contributed by atoms with van der Waals surface area (Å²) in [6, 6.07) is 9.02. The Kier molecular flexibility index (Phi) is 7.49. The van der Waals surface area contributed by atoms with Gasteiger partial charge in [0.1, 0.15) is 0 Å². The van der Waals surface area contributed by atoms with Crippen molar-refractivity contribution in [1.29, 1.82) is 0 Å². The molecule has 2 aromatic rings. The number of hydrogen-bond acceptors (Lipinski definition) is 8. The fourth-order valence-electron chi connectivity index (χ4n) is 2.58. The van der Waals surface area contributed by atoms with Crippen molar-refractivity contribution in [2.45, 2.75) is 6.92 Å². The largest absolute Gasteiger partial charge is 0.490 e. The maximum atomic E-state index is 12.4. The predicted molar refractivity (Wildman–Crippen MR) is 122 cm³/mol. The number of benzene rings is 2. The minimum atomic E-state index is -1.11. The third kappa shape index (κ3) is 5.86. The molecule has 166 valence electrons. The van der Waals surface area contributed by atoms with E-state index < -0.39 is 17.5 Å². The molecule has 10 nitrogen and oxygen atoms in total. The Morgan fingerprint density at radius 2 is 2.06 bits per heavy atom. The zero-order valence-corrected chi connectivity index (χ0v) is 18.9. The van der Waals surface area contributed by atoms with Gasteiger partial charge in [-0.25, -0.2) is 9.79 Å². The van der Waals surface area contributed by atoms with Crippen LogP contribution in [0.1, 0.15) is 12.5 Å². The fourth-order valence-corrected chi connectivity index (χ4v) is 3.87. The first-order valence-corrected chi connectivity index (χ1v) is 10.7. The minimum Gasteiger partial charge on any atom is -0.490 e. The minimum absolute atomic E-state index is 0.0783. The Hall–Kier alpha value is -3.38. The highest BCUT2D eigenvalue weighted by molar-refractivity contribution is 9.10. The van der Waals surface area contributed by atoms with Crippen molar-refractivity contribution in [2.24, 2.45) is 4.99 Å². The van der Waals surface area contributed by atoms with Crippen LogP contribution in [0.4, 0.5) is 11.4 Å². The Labute approximate surface area is 194 Å². The number of halogens is 1. The van der Waals surface area contributed by atoms with Gasteiger partial charge >= 0.3 is 5.97 Å². The molecular weight excluding hydrogens is 506 g/mol. The molecule has 0 aliphatic carbocycles. The lowest BCUT2D eigenvalue weighted by Crippen LogP contribution is -2.19. The Morgan fingerprint density at radius 3 is 2.72 bits per heavy atom. The number of carbonyl (C=O) groups excluding carboxylic acids is 1. The van der Waals surface area contributed by atoms with Gasteiger partial charge in [-0.1, -0.05) is 6.07 Å². The number of nitro groups is 1. The average Bonchev–Trinajstić information content (AvgIpc) is 3.07. The third-order valence-electron chi connectivity index (χ3n) is 3.93. The molecule has 0 spiro atoms. The van der Waals surface area contributed by atoms with Gasteiger partial charge in [-0.3, -0.25) is 14.9 Å². The smallest absolute Gasteiger partial charge is 0.341 e. The maximum absolute atomic E-state index is 12.4. The number of rotatable bonds is 8. The summed E-state index contributed by atoms with van der Waals surface area (Å²) in [4.78, 5) is 38.2. The molecule has 1 heterocycles. The second kappa shape index (κ2) is 10.3. The molecule has 1 fully saturated rings. The summed E-state index contributed by atoms with van der Waals surface area (Å²) in [6.07, 6.45) is 1.64. The van der Waals surface area contributed by atoms with Crippen LogP contribution in [0.15, 0.2) is 50.8 Å². The topological polar surface area (TPSA) is 140 Å². The van der Waals surface area contributed by atoms with Crippen LogP contribution in [-0.2, 0) is 9.59 Å². The summed E-state index contributed by atoms with van der Waals surface area (Å²) in [6.45, 7) is 1.63.